The molecule has 1 atom stereocenters. The number of anilines is 1. The molecule has 2 aromatic carbocycles. The molecule has 31 heavy (non-hydrogen) atoms. The minimum absolute atomic E-state index is 0.0489. The lowest BCUT2D eigenvalue weighted by Crippen LogP contribution is -2.42. The number of carbonyl (C=O) groups is 1. The molecular formula is C24H24F3N3O. The number of nitrogens with zero attached hydrogens (tertiary/aromatic N) is 3. The summed E-state index contributed by atoms with van der Waals surface area (Å²) in [5.41, 5.74) is 2.27. The summed E-state index contributed by atoms with van der Waals surface area (Å²) in [5, 5.41) is 0. The number of hydrogen-bond donors (Lipinski definition) is 0. The molecule has 0 fully saturated rings. The SMILES string of the molecule is Cc1ccc(C(=O)N2CCn3cccc3[C@H]2c2ccc(N(C)C)cc2)cc1C(F)(F)F. The summed E-state index contributed by atoms with van der Waals surface area (Å²) in [6.45, 7) is 2.41. The van der Waals surface area contributed by atoms with E-state index in [1.165, 1.54) is 19.1 Å². The highest BCUT2D eigenvalue weighted by Gasteiger charge is 2.36. The number of benzene rings is 2. The summed E-state index contributed by atoms with van der Waals surface area (Å²) < 4.78 is 42.3. The maximum Gasteiger partial charge on any atom is 0.416 e. The molecule has 0 unspecified atom stereocenters. The lowest BCUT2D eigenvalue weighted by molar-refractivity contribution is -0.138. The van der Waals surface area contributed by atoms with E-state index in [9.17, 15) is 18.0 Å². The van der Waals surface area contributed by atoms with Crippen LogP contribution in [0.5, 0.6) is 0 Å². The van der Waals surface area contributed by atoms with E-state index in [4.69, 9.17) is 0 Å². The van der Waals surface area contributed by atoms with Crippen molar-refractivity contribution in [1.29, 1.82) is 0 Å². The van der Waals surface area contributed by atoms with Gasteiger partial charge in [0.1, 0.15) is 0 Å². The molecule has 3 aromatic rings. The number of aromatic nitrogens is 1. The molecule has 1 aliphatic rings. The van der Waals surface area contributed by atoms with E-state index in [-0.39, 0.29) is 17.2 Å². The van der Waals surface area contributed by atoms with Gasteiger partial charge in [-0.2, -0.15) is 13.2 Å². The Bertz CT molecular complexity index is 1100. The Morgan fingerprint density at radius 1 is 1.03 bits per heavy atom. The molecule has 0 aliphatic carbocycles. The number of carbonyl (C=O) groups excluding carboxylic acids is 1. The van der Waals surface area contributed by atoms with Gasteiger partial charge in [-0.25, -0.2) is 0 Å². The lowest BCUT2D eigenvalue weighted by atomic mass is 9.97. The molecule has 4 nitrogen and oxygen atoms in total. The van der Waals surface area contributed by atoms with E-state index < -0.39 is 17.6 Å². The third-order valence-corrected chi connectivity index (χ3v) is 5.81. The van der Waals surface area contributed by atoms with Crippen molar-refractivity contribution >= 4 is 11.6 Å². The zero-order chi connectivity index (χ0) is 22.3. The standard InChI is InChI=1S/C24H24F3N3O/c1-16-6-7-18(15-20(16)24(25,26)27)23(31)30-14-13-29-12-4-5-21(29)22(30)17-8-10-19(11-9-17)28(2)3/h4-12,15,22H,13-14H2,1-3H3/t22-/m1/s1. The van der Waals surface area contributed by atoms with Crippen LogP contribution in [0.25, 0.3) is 0 Å². The highest BCUT2D eigenvalue weighted by atomic mass is 19.4. The second-order valence-corrected chi connectivity index (χ2v) is 8.04. The van der Waals surface area contributed by atoms with Crippen molar-refractivity contribution in [2.24, 2.45) is 0 Å². The first-order valence-corrected chi connectivity index (χ1v) is 10.1. The molecule has 0 N–H and O–H groups in total. The maximum absolute atomic E-state index is 13.4. The van der Waals surface area contributed by atoms with Gasteiger partial charge in [0.05, 0.1) is 11.6 Å². The van der Waals surface area contributed by atoms with E-state index in [1.807, 2.05) is 61.6 Å². The second kappa shape index (κ2) is 7.80. The van der Waals surface area contributed by atoms with Crippen LogP contribution in [0.4, 0.5) is 18.9 Å². The molecule has 0 saturated heterocycles. The normalized spacial score (nSPS) is 16.2. The molecule has 4 rings (SSSR count). The van der Waals surface area contributed by atoms with E-state index in [1.54, 1.807) is 4.90 Å². The highest BCUT2D eigenvalue weighted by Crippen LogP contribution is 2.36. The van der Waals surface area contributed by atoms with Gasteiger partial charge in [-0.1, -0.05) is 18.2 Å². The van der Waals surface area contributed by atoms with Gasteiger partial charge in [0.2, 0.25) is 0 Å². The summed E-state index contributed by atoms with van der Waals surface area (Å²) in [6.07, 6.45) is -2.54. The van der Waals surface area contributed by atoms with Crippen molar-refractivity contribution in [3.05, 3.63) is 88.7 Å². The van der Waals surface area contributed by atoms with Crippen molar-refractivity contribution in [2.75, 3.05) is 25.5 Å². The Balaban J connectivity index is 1.75. The van der Waals surface area contributed by atoms with Gasteiger partial charge in [0.15, 0.2) is 0 Å². The van der Waals surface area contributed by atoms with Crippen LogP contribution in [-0.2, 0) is 12.7 Å². The topological polar surface area (TPSA) is 28.5 Å². The third-order valence-electron chi connectivity index (χ3n) is 5.81. The molecule has 162 valence electrons. The monoisotopic (exact) mass is 427 g/mol. The Kier molecular flexibility index (Phi) is 5.29. The molecule has 0 saturated carbocycles. The van der Waals surface area contributed by atoms with Crippen molar-refractivity contribution < 1.29 is 18.0 Å². The maximum atomic E-state index is 13.4. The fourth-order valence-corrected chi connectivity index (χ4v) is 4.13. The number of fused-ring (bicyclic) bond motifs is 1. The highest BCUT2D eigenvalue weighted by molar-refractivity contribution is 5.95. The minimum atomic E-state index is -4.50. The number of aryl methyl sites for hydroxylation is 1. The summed E-state index contributed by atoms with van der Waals surface area (Å²) in [4.78, 5) is 17.1. The van der Waals surface area contributed by atoms with Crippen LogP contribution in [0.15, 0.2) is 60.8 Å². The molecule has 1 amide bonds. The van der Waals surface area contributed by atoms with E-state index >= 15 is 0 Å². The molecule has 0 bridgehead atoms. The van der Waals surface area contributed by atoms with Gasteiger partial charge in [-0.05, 0) is 54.4 Å². The van der Waals surface area contributed by atoms with Crippen LogP contribution >= 0.6 is 0 Å². The zero-order valence-electron chi connectivity index (χ0n) is 17.6. The van der Waals surface area contributed by atoms with Crippen LogP contribution in [0.3, 0.4) is 0 Å². The minimum Gasteiger partial charge on any atom is -0.378 e. The Morgan fingerprint density at radius 2 is 1.74 bits per heavy atom. The predicted molar refractivity (Wildman–Crippen MR) is 114 cm³/mol. The molecule has 0 spiro atoms. The quantitative estimate of drug-likeness (QED) is 0.580. The van der Waals surface area contributed by atoms with Crippen LogP contribution in [0.2, 0.25) is 0 Å². The average molecular weight is 427 g/mol. The number of amides is 1. The van der Waals surface area contributed by atoms with Crippen molar-refractivity contribution in [3.8, 4) is 0 Å². The van der Waals surface area contributed by atoms with E-state index in [0.717, 1.165) is 23.0 Å². The van der Waals surface area contributed by atoms with Gasteiger partial charge in [0.25, 0.3) is 5.91 Å². The Labute approximate surface area is 179 Å². The molecule has 0 radical (unpaired) electrons. The largest absolute Gasteiger partial charge is 0.416 e. The Hall–Kier alpha value is -3.22. The van der Waals surface area contributed by atoms with E-state index in [2.05, 4.69) is 4.57 Å². The fourth-order valence-electron chi connectivity index (χ4n) is 4.13. The first-order valence-electron chi connectivity index (χ1n) is 10.1. The van der Waals surface area contributed by atoms with Crippen LogP contribution in [-0.4, -0.2) is 36.0 Å². The van der Waals surface area contributed by atoms with E-state index in [0.29, 0.717) is 13.1 Å². The van der Waals surface area contributed by atoms with Gasteiger partial charge >= 0.3 is 6.18 Å². The number of halogens is 3. The van der Waals surface area contributed by atoms with Crippen molar-refractivity contribution in [1.82, 2.24) is 9.47 Å². The van der Waals surface area contributed by atoms with Gasteiger partial charge in [-0.15, -0.1) is 0 Å². The molecule has 2 heterocycles. The van der Waals surface area contributed by atoms with Gasteiger partial charge in [-0.3, -0.25) is 4.79 Å². The number of alkyl halides is 3. The molecular weight excluding hydrogens is 403 g/mol. The average Bonchev–Trinajstić information content (AvgIpc) is 3.21. The smallest absolute Gasteiger partial charge is 0.378 e. The number of rotatable bonds is 3. The zero-order valence-corrected chi connectivity index (χ0v) is 17.6. The lowest BCUT2D eigenvalue weighted by Gasteiger charge is -2.37. The molecule has 1 aliphatic heterocycles. The van der Waals surface area contributed by atoms with Crippen molar-refractivity contribution in [3.63, 3.8) is 0 Å². The fraction of sp³-hybridized carbons (Fsp3) is 0.292. The van der Waals surface area contributed by atoms with Crippen LogP contribution in [0.1, 0.15) is 38.8 Å². The van der Waals surface area contributed by atoms with Crippen LogP contribution < -0.4 is 4.90 Å². The van der Waals surface area contributed by atoms with Crippen LogP contribution in [0, 0.1) is 6.92 Å². The first-order chi connectivity index (χ1) is 14.7. The second-order valence-electron chi connectivity index (χ2n) is 8.04. The summed E-state index contributed by atoms with van der Waals surface area (Å²) in [6, 6.07) is 15.2. The Morgan fingerprint density at radius 3 is 2.39 bits per heavy atom. The first kappa shape index (κ1) is 21.0. The van der Waals surface area contributed by atoms with Gasteiger partial charge in [0, 0.05) is 50.3 Å². The number of hydrogen-bond acceptors (Lipinski definition) is 2. The molecule has 1 aromatic heterocycles. The summed E-state index contributed by atoms with van der Waals surface area (Å²) in [7, 11) is 3.90. The predicted octanol–water partition coefficient (Wildman–Crippen LogP) is 5.13. The van der Waals surface area contributed by atoms with Gasteiger partial charge < -0.3 is 14.4 Å². The molecule has 7 heteroatoms. The van der Waals surface area contributed by atoms with Crippen molar-refractivity contribution in [2.45, 2.75) is 25.7 Å². The summed E-state index contributed by atoms with van der Waals surface area (Å²) >= 11 is 0. The third kappa shape index (κ3) is 3.92. The summed E-state index contributed by atoms with van der Waals surface area (Å²) in [5.74, 6) is -0.403.